The van der Waals surface area contributed by atoms with Gasteiger partial charge in [-0.2, -0.15) is 0 Å². The average molecular weight is 397 g/mol. The number of primary amides is 1. The van der Waals surface area contributed by atoms with Crippen LogP contribution in [0.25, 0.3) is 0 Å². The highest BCUT2D eigenvalue weighted by atomic mass is 16.5. The molecule has 4 heterocycles. The summed E-state index contributed by atoms with van der Waals surface area (Å²) in [6, 6.07) is 5.83. The lowest BCUT2D eigenvalue weighted by atomic mass is 9.93. The zero-order valence-electron chi connectivity index (χ0n) is 16.5. The minimum absolute atomic E-state index is 0.205. The molecule has 0 spiro atoms. The van der Waals surface area contributed by atoms with Crippen molar-refractivity contribution in [3.8, 4) is 0 Å². The summed E-state index contributed by atoms with van der Waals surface area (Å²) in [5.74, 6) is -0.283. The molecule has 0 radical (unpaired) electrons. The number of nitrogens with two attached hydrogens (primary N) is 1. The van der Waals surface area contributed by atoms with Crippen LogP contribution in [0.3, 0.4) is 0 Å². The lowest BCUT2D eigenvalue weighted by Gasteiger charge is -2.31. The molecule has 2 fully saturated rings. The van der Waals surface area contributed by atoms with E-state index in [4.69, 9.17) is 10.3 Å². The SMILES string of the molecule is NC(=O)[C@H]1CCCN(C(=O)c2cc(C3CCN(Cc4cccnc4)CC3)no2)C1. The van der Waals surface area contributed by atoms with E-state index in [-0.39, 0.29) is 23.5 Å². The van der Waals surface area contributed by atoms with Gasteiger partial charge in [-0.1, -0.05) is 11.2 Å². The van der Waals surface area contributed by atoms with Gasteiger partial charge in [-0.3, -0.25) is 19.5 Å². The van der Waals surface area contributed by atoms with E-state index in [1.165, 1.54) is 5.56 Å². The van der Waals surface area contributed by atoms with Gasteiger partial charge in [0, 0.05) is 44.0 Å². The number of rotatable bonds is 5. The van der Waals surface area contributed by atoms with E-state index in [0.29, 0.717) is 19.0 Å². The second-order valence-corrected chi connectivity index (χ2v) is 8.02. The number of amides is 2. The molecule has 8 nitrogen and oxygen atoms in total. The Hall–Kier alpha value is -2.74. The molecule has 2 amide bonds. The molecule has 8 heteroatoms. The first-order valence-electron chi connectivity index (χ1n) is 10.3. The van der Waals surface area contributed by atoms with Crippen molar-refractivity contribution in [3.63, 3.8) is 0 Å². The second-order valence-electron chi connectivity index (χ2n) is 8.02. The van der Waals surface area contributed by atoms with E-state index in [1.54, 1.807) is 17.2 Å². The summed E-state index contributed by atoms with van der Waals surface area (Å²) in [5.41, 5.74) is 7.47. The van der Waals surface area contributed by atoms with E-state index in [2.05, 4.69) is 21.1 Å². The smallest absolute Gasteiger partial charge is 0.292 e. The molecular weight excluding hydrogens is 370 g/mol. The molecule has 2 saturated heterocycles. The van der Waals surface area contributed by atoms with Gasteiger partial charge in [-0.15, -0.1) is 0 Å². The molecule has 29 heavy (non-hydrogen) atoms. The van der Waals surface area contributed by atoms with Crippen LogP contribution in [0.15, 0.2) is 35.1 Å². The predicted molar refractivity (Wildman–Crippen MR) is 106 cm³/mol. The number of carbonyl (C=O) groups excluding carboxylic acids is 2. The summed E-state index contributed by atoms with van der Waals surface area (Å²) in [6.07, 6.45) is 7.16. The first kappa shape index (κ1) is 19.6. The van der Waals surface area contributed by atoms with Crippen molar-refractivity contribution in [1.82, 2.24) is 19.9 Å². The quantitative estimate of drug-likeness (QED) is 0.824. The molecule has 2 aromatic rings. The number of likely N-dealkylation sites (tertiary alicyclic amines) is 2. The molecule has 0 unspecified atom stereocenters. The highest BCUT2D eigenvalue weighted by Gasteiger charge is 2.30. The van der Waals surface area contributed by atoms with Crippen LogP contribution in [0.1, 0.15) is 53.4 Å². The maximum atomic E-state index is 12.7. The Balaban J connectivity index is 1.32. The monoisotopic (exact) mass is 397 g/mol. The summed E-state index contributed by atoms with van der Waals surface area (Å²) in [7, 11) is 0. The Kier molecular flexibility index (Phi) is 5.89. The number of nitrogens with zero attached hydrogens (tertiary/aromatic N) is 4. The highest BCUT2D eigenvalue weighted by Crippen LogP contribution is 2.29. The standard InChI is InChI=1S/C21H27N5O3/c22-20(27)17-4-2-8-26(14-17)21(28)19-11-18(24-29-19)16-5-9-25(10-6-16)13-15-3-1-7-23-12-15/h1,3,7,11-12,16-17H,2,4-6,8-10,13-14H2,(H2,22,27)/t17-/m0/s1. The van der Waals surface area contributed by atoms with Gasteiger partial charge in [0.2, 0.25) is 11.7 Å². The van der Waals surface area contributed by atoms with Gasteiger partial charge in [0.05, 0.1) is 11.6 Å². The van der Waals surface area contributed by atoms with Crippen LogP contribution in [-0.4, -0.2) is 57.9 Å². The fourth-order valence-electron chi connectivity index (χ4n) is 4.27. The van der Waals surface area contributed by atoms with E-state index >= 15 is 0 Å². The average Bonchev–Trinajstić information content (AvgIpc) is 3.25. The molecule has 0 aromatic carbocycles. The molecule has 154 valence electrons. The maximum absolute atomic E-state index is 12.7. The van der Waals surface area contributed by atoms with Gasteiger partial charge in [0.15, 0.2) is 0 Å². The summed E-state index contributed by atoms with van der Waals surface area (Å²) >= 11 is 0. The van der Waals surface area contributed by atoms with Crippen molar-refractivity contribution >= 4 is 11.8 Å². The maximum Gasteiger partial charge on any atom is 0.292 e. The number of hydrogen-bond acceptors (Lipinski definition) is 6. The Labute approximate surface area is 170 Å². The summed E-state index contributed by atoms with van der Waals surface area (Å²) in [4.78, 5) is 32.4. The minimum atomic E-state index is -0.348. The molecule has 0 bridgehead atoms. The Morgan fingerprint density at radius 1 is 1.21 bits per heavy atom. The molecule has 0 aliphatic carbocycles. The van der Waals surface area contributed by atoms with Gasteiger partial charge in [-0.25, -0.2) is 0 Å². The van der Waals surface area contributed by atoms with Crippen LogP contribution in [-0.2, 0) is 11.3 Å². The van der Waals surface area contributed by atoms with E-state index in [0.717, 1.165) is 51.0 Å². The number of aromatic nitrogens is 2. The number of pyridine rings is 1. The third kappa shape index (κ3) is 4.64. The van der Waals surface area contributed by atoms with E-state index < -0.39 is 0 Å². The fraction of sp³-hybridized carbons (Fsp3) is 0.524. The summed E-state index contributed by atoms with van der Waals surface area (Å²) in [6.45, 7) is 3.83. The third-order valence-electron chi connectivity index (χ3n) is 5.98. The zero-order chi connectivity index (χ0) is 20.2. The first-order chi connectivity index (χ1) is 14.1. The Bertz CT molecular complexity index is 845. The van der Waals surface area contributed by atoms with Crippen LogP contribution in [0.2, 0.25) is 0 Å². The lowest BCUT2D eigenvalue weighted by molar-refractivity contribution is -0.123. The normalized spacial score (nSPS) is 21.2. The highest BCUT2D eigenvalue weighted by molar-refractivity contribution is 5.92. The molecule has 4 rings (SSSR count). The van der Waals surface area contributed by atoms with Crippen LogP contribution < -0.4 is 5.73 Å². The summed E-state index contributed by atoms with van der Waals surface area (Å²) in [5, 5.41) is 4.18. The molecule has 2 aliphatic rings. The van der Waals surface area contributed by atoms with Crippen molar-refractivity contribution in [1.29, 1.82) is 0 Å². The van der Waals surface area contributed by atoms with Gasteiger partial charge < -0.3 is 15.2 Å². The summed E-state index contributed by atoms with van der Waals surface area (Å²) < 4.78 is 5.37. The van der Waals surface area contributed by atoms with Crippen LogP contribution in [0.4, 0.5) is 0 Å². The van der Waals surface area contributed by atoms with Crippen LogP contribution in [0.5, 0.6) is 0 Å². The van der Waals surface area contributed by atoms with Gasteiger partial charge in [0.1, 0.15) is 0 Å². The van der Waals surface area contributed by atoms with Crippen molar-refractivity contribution in [2.24, 2.45) is 11.7 Å². The zero-order valence-corrected chi connectivity index (χ0v) is 16.5. The van der Waals surface area contributed by atoms with Crippen molar-refractivity contribution in [3.05, 3.63) is 47.6 Å². The second kappa shape index (κ2) is 8.73. The predicted octanol–water partition coefficient (Wildman–Crippen LogP) is 1.79. The largest absolute Gasteiger partial charge is 0.369 e. The molecular formula is C21H27N5O3. The van der Waals surface area contributed by atoms with E-state index in [9.17, 15) is 9.59 Å². The van der Waals surface area contributed by atoms with Crippen LogP contribution >= 0.6 is 0 Å². The van der Waals surface area contributed by atoms with Gasteiger partial charge >= 0.3 is 0 Å². The molecule has 1 atom stereocenters. The van der Waals surface area contributed by atoms with Crippen molar-refractivity contribution in [2.45, 2.75) is 38.1 Å². The number of hydrogen-bond donors (Lipinski definition) is 1. The van der Waals surface area contributed by atoms with Gasteiger partial charge in [-0.05, 0) is 50.4 Å². The Morgan fingerprint density at radius 3 is 2.76 bits per heavy atom. The lowest BCUT2D eigenvalue weighted by Crippen LogP contribution is -2.44. The number of piperidine rings is 2. The van der Waals surface area contributed by atoms with Crippen molar-refractivity contribution < 1.29 is 14.1 Å². The fourth-order valence-corrected chi connectivity index (χ4v) is 4.27. The topological polar surface area (TPSA) is 106 Å². The van der Waals surface area contributed by atoms with Gasteiger partial charge in [0.25, 0.3) is 5.91 Å². The van der Waals surface area contributed by atoms with Crippen LogP contribution in [0, 0.1) is 5.92 Å². The van der Waals surface area contributed by atoms with E-state index in [1.807, 2.05) is 12.3 Å². The van der Waals surface area contributed by atoms with Crippen molar-refractivity contribution in [2.75, 3.05) is 26.2 Å². The first-order valence-corrected chi connectivity index (χ1v) is 10.3. The molecule has 2 N–H and O–H groups in total. The molecule has 2 aliphatic heterocycles. The number of carbonyl (C=O) groups is 2. The minimum Gasteiger partial charge on any atom is -0.369 e. The Morgan fingerprint density at radius 2 is 2.03 bits per heavy atom. The molecule has 2 aromatic heterocycles. The third-order valence-corrected chi connectivity index (χ3v) is 5.98. The molecule has 0 saturated carbocycles.